The van der Waals surface area contributed by atoms with Crippen LogP contribution in [0.5, 0.6) is 0 Å². The van der Waals surface area contributed by atoms with Gasteiger partial charge in [0.15, 0.2) is 0 Å². The van der Waals surface area contributed by atoms with Gasteiger partial charge in [0, 0.05) is 0 Å². The molecule has 0 saturated carbocycles. The molecule has 0 bridgehead atoms. The van der Waals surface area contributed by atoms with Crippen molar-refractivity contribution in [1.29, 1.82) is 0 Å². The van der Waals surface area contributed by atoms with Crippen molar-refractivity contribution in [3.05, 3.63) is 0 Å². The molecule has 1 rings (SSSR count). The quantitative estimate of drug-likeness (QED) is 0.484. The first-order valence-electron chi connectivity index (χ1n) is 5.19. The van der Waals surface area contributed by atoms with E-state index in [1.54, 1.807) is 0 Å². The lowest BCUT2D eigenvalue weighted by Gasteiger charge is -2.30. The molecule has 1 aliphatic heterocycles. The second kappa shape index (κ2) is 6.19. The third-order valence-electron chi connectivity index (χ3n) is 3.05. The molecular formula is C10H21IN2. The smallest absolute Gasteiger partial charge is 0.0502 e. The van der Waals surface area contributed by atoms with Crippen LogP contribution in [0.2, 0.25) is 0 Å². The van der Waals surface area contributed by atoms with Crippen molar-refractivity contribution in [2.75, 3.05) is 31.2 Å². The van der Waals surface area contributed by atoms with Gasteiger partial charge in [0.25, 0.3) is 0 Å². The maximum atomic E-state index is 3.45. The van der Waals surface area contributed by atoms with Crippen molar-refractivity contribution >= 4 is 22.6 Å². The van der Waals surface area contributed by atoms with Crippen LogP contribution in [0.4, 0.5) is 0 Å². The van der Waals surface area contributed by atoms with Crippen molar-refractivity contribution in [3.8, 4) is 0 Å². The van der Waals surface area contributed by atoms with Gasteiger partial charge in [0.05, 0.1) is 4.55 Å². The summed E-state index contributed by atoms with van der Waals surface area (Å²) in [7, 11) is 2.21. The first-order valence-corrected chi connectivity index (χ1v) is 6.72. The van der Waals surface area contributed by atoms with Crippen molar-refractivity contribution < 1.29 is 0 Å². The number of nitrogens with zero attached hydrogens (tertiary/aromatic N) is 1. The number of piperidine rings is 1. The minimum atomic E-state index is 0.872. The molecule has 0 radical (unpaired) electrons. The zero-order chi connectivity index (χ0) is 9.68. The van der Waals surface area contributed by atoms with Crippen LogP contribution in [0.3, 0.4) is 0 Å². The summed E-state index contributed by atoms with van der Waals surface area (Å²) in [6.07, 6.45) is 2.75. The van der Waals surface area contributed by atoms with E-state index in [0.717, 1.165) is 16.4 Å². The number of alkyl halides is 1. The number of nitrogens with one attached hydrogen (secondary N) is 1. The van der Waals surface area contributed by atoms with Gasteiger partial charge in [-0.05, 0) is 51.4 Å². The molecule has 1 heterocycles. The standard InChI is InChI=1S/C10H21IN2/c1-9-7-12-5-3-10(9)4-6-13(2)8-11/h9-10,12H,3-8H2,1-2H3. The number of rotatable bonds is 4. The molecular weight excluding hydrogens is 275 g/mol. The Morgan fingerprint density at radius 2 is 2.31 bits per heavy atom. The molecule has 3 heteroatoms. The van der Waals surface area contributed by atoms with E-state index in [9.17, 15) is 0 Å². The highest BCUT2D eigenvalue weighted by Gasteiger charge is 2.20. The third kappa shape index (κ3) is 4.13. The number of halogens is 1. The fraction of sp³-hybridized carbons (Fsp3) is 1.00. The van der Waals surface area contributed by atoms with E-state index in [1.165, 1.54) is 32.5 Å². The van der Waals surface area contributed by atoms with Gasteiger partial charge in [0.1, 0.15) is 0 Å². The molecule has 2 atom stereocenters. The molecule has 0 aliphatic carbocycles. The Bertz CT molecular complexity index is 141. The summed E-state index contributed by atoms with van der Waals surface area (Å²) in [5, 5.41) is 3.45. The monoisotopic (exact) mass is 296 g/mol. The van der Waals surface area contributed by atoms with Gasteiger partial charge in [-0.15, -0.1) is 0 Å². The Hall–Kier alpha value is 0.650. The van der Waals surface area contributed by atoms with E-state index < -0.39 is 0 Å². The summed E-state index contributed by atoms with van der Waals surface area (Å²) in [5.41, 5.74) is 0. The van der Waals surface area contributed by atoms with Crippen LogP contribution < -0.4 is 5.32 Å². The maximum Gasteiger partial charge on any atom is 0.0502 e. The van der Waals surface area contributed by atoms with Gasteiger partial charge in [-0.3, -0.25) is 4.90 Å². The minimum absolute atomic E-state index is 0.872. The Balaban J connectivity index is 2.18. The lowest BCUT2D eigenvalue weighted by Crippen LogP contribution is -2.36. The van der Waals surface area contributed by atoms with Crippen LogP contribution in [-0.2, 0) is 0 Å². The average molecular weight is 296 g/mol. The van der Waals surface area contributed by atoms with E-state index in [1.807, 2.05) is 0 Å². The Kier molecular flexibility index (Phi) is 5.58. The van der Waals surface area contributed by atoms with Gasteiger partial charge >= 0.3 is 0 Å². The maximum absolute atomic E-state index is 3.45. The van der Waals surface area contributed by atoms with Crippen molar-refractivity contribution in [2.24, 2.45) is 11.8 Å². The predicted molar refractivity (Wildman–Crippen MR) is 66.3 cm³/mol. The number of hydrogen-bond donors (Lipinski definition) is 1. The molecule has 0 aromatic heterocycles. The van der Waals surface area contributed by atoms with E-state index in [0.29, 0.717) is 0 Å². The SMILES string of the molecule is CC1CNCCC1CCN(C)CI. The second-order valence-electron chi connectivity index (χ2n) is 4.22. The molecule has 78 valence electrons. The summed E-state index contributed by atoms with van der Waals surface area (Å²) < 4.78 is 1.15. The highest BCUT2D eigenvalue weighted by atomic mass is 127. The molecule has 13 heavy (non-hydrogen) atoms. The molecule has 0 amide bonds. The summed E-state index contributed by atoms with van der Waals surface area (Å²) in [6, 6.07) is 0. The summed E-state index contributed by atoms with van der Waals surface area (Å²) >= 11 is 2.43. The minimum Gasteiger partial charge on any atom is -0.316 e. The normalized spacial score (nSPS) is 29.5. The van der Waals surface area contributed by atoms with Gasteiger partial charge in [-0.1, -0.05) is 29.5 Å². The predicted octanol–water partition coefficient (Wildman–Crippen LogP) is 1.95. The van der Waals surface area contributed by atoms with Gasteiger partial charge in [-0.2, -0.15) is 0 Å². The van der Waals surface area contributed by atoms with Crippen molar-refractivity contribution in [2.45, 2.75) is 19.8 Å². The van der Waals surface area contributed by atoms with Crippen LogP contribution in [-0.4, -0.2) is 36.1 Å². The summed E-state index contributed by atoms with van der Waals surface area (Å²) in [5.74, 6) is 1.82. The fourth-order valence-corrected chi connectivity index (χ4v) is 2.28. The van der Waals surface area contributed by atoms with Gasteiger partial charge in [-0.25, -0.2) is 0 Å². The Morgan fingerprint density at radius 1 is 1.54 bits per heavy atom. The van der Waals surface area contributed by atoms with E-state index in [4.69, 9.17) is 0 Å². The van der Waals surface area contributed by atoms with Crippen LogP contribution in [0.25, 0.3) is 0 Å². The van der Waals surface area contributed by atoms with Crippen molar-refractivity contribution in [1.82, 2.24) is 10.2 Å². The molecule has 0 aromatic carbocycles. The second-order valence-corrected chi connectivity index (χ2v) is 4.90. The van der Waals surface area contributed by atoms with Crippen LogP contribution in [0, 0.1) is 11.8 Å². The van der Waals surface area contributed by atoms with Crippen LogP contribution in [0.1, 0.15) is 19.8 Å². The topological polar surface area (TPSA) is 15.3 Å². The molecule has 2 unspecified atom stereocenters. The molecule has 2 nitrogen and oxygen atoms in total. The molecule has 1 N–H and O–H groups in total. The fourth-order valence-electron chi connectivity index (χ4n) is 1.94. The Morgan fingerprint density at radius 3 is 2.92 bits per heavy atom. The van der Waals surface area contributed by atoms with Crippen LogP contribution >= 0.6 is 22.6 Å². The molecule has 0 spiro atoms. The van der Waals surface area contributed by atoms with E-state index in [2.05, 4.69) is 46.8 Å². The third-order valence-corrected chi connectivity index (χ3v) is 4.21. The first-order chi connectivity index (χ1) is 6.24. The van der Waals surface area contributed by atoms with Gasteiger partial charge in [0.2, 0.25) is 0 Å². The Labute approximate surface area is 95.6 Å². The molecule has 1 aliphatic rings. The number of hydrogen-bond acceptors (Lipinski definition) is 2. The van der Waals surface area contributed by atoms with Gasteiger partial charge < -0.3 is 5.32 Å². The highest BCUT2D eigenvalue weighted by Crippen LogP contribution is 2.22. The largest absolute Gasteiger partial charge is 0.316 e. The zero-order valence-electron chi connectivity index (χ0n) is 8.72. The van der Waals surface area contributed by atoms with Crippen molar-refractivity contribution in [3.63, 3.8) is 0 Å². The van der Waals surface area contributed by atoms with E-state index >= 15 is 0 Å². The summed E-state index contributed by atoms with van der Waals surface area (Å²) in [6.45, 7) is 6.08. The molecule has 1 fully saturated rings. The molecule has 1 saturated heterocycles. The lowest BCUT2D eigenvalue weighted by molar-refractivity contribution is 0.232. The molecule has 0 aromatic rings. The average Bonchev–Trinajstić information content (AvgIpc) is 2.16. The van der Waals surface area contributed by atoms with E-state index in [-0.39, 0.29) is 0 Å². The lowest BCUT2D eigenvalue weighted by atomic mass is 9.85. The summed E-state index contributed by atoms with van der Waals surface area (Å²) in [4.78, 5) is 2.40. The zero-order valence-corrected chi connectivity index (χ0v) is 10.9. The van der Waals surface area contributed by atoms with Crippen LogP contribution in [0.15, 0.2) is 0 Å². The first kappa shape index (κ1) is 11.7. The highest BCUT2D eigenvalue weighted by molar-refractivity contribution is 14.1.